The SMILES string of the molecule is C/C(=N/NC(=S)NCc1ccc(F)cc1)c1c(C)nsc1N. The first kappa shape index (κ1) is 16.3. The zero-order valence-corrected chi connectivity index (χ0v) is 13.8. The fraction of sp³-hybridized carbons (Fsp3) is 0.214. The van der Waals surface area contributed by atoms with E-state index in [9.17, 15) is 4.39 Å². The summed E-state index contributed by atoms with van der Waals surface area (Å²) in [7, 11) is 0. The van der Waals surface area contributed by atoms with E-state index in [-0.39, 0.29) is 5.82 Å². The molecule has 0 bridgehead atoms. The molecule has 0 aliphatic rings. The van der Waals surface area contributed by atoms with Crippen LogP contribution in [-0.2, 0) is 6.54 Å². The lowest BCUT2D eigenvalue weighted by Crippen LogP contribution is -2.32. The minimum Gasteiger partial charge on any atom is -0.389 e. The Morgan fingerprint density at radius 2 is 2.09 bits per heavy atom. The number of rotatable bonds is 4. The summed E-state index contributed by atoms with van der Waals surface area (Å²) >= 11 is 6.39. The van der Waals surface area contributed by atoms with Crippen molar-refractivity contribution in [2.24, 2.45) is 5.10 Å². The van der Waals surface area contributed by atoms with Gasteiger partial charge in [-0.3, -0.25) is 5.43 Å². The number of aryl methyl sites for hydroxylation is 1. The molecule has 8 heteroatoms. The molecule has 0 amide bonds. The van der Waals surface area contributed by atoms with Gasteiger partial charge >= 0.3 is 0 Å². The van der Waals surface area contributed by atoms with E-state index in [2.05, 4.69) is 20.2 Å². The summed E-state index contributed by atoms with van der Waals surface area (Å²) in [5.74, 6) is -0.262. The van der Waals surface area contributed by atoms with Crippen LogP contribution < -0.4 is 16.5 Å². The largest absolute Gasteiger partial charge is 0.389 e. The summed E-state index contributed by atoms with van der Waals surface area (Å²) < 4.78 is 17.0. The number of nitrogen functional groups attached to an aromatic ring is 1. The second-order valence-corrected chi connectivity index (χ2v) is 5.84. The lowest BCUT2D eigenvalue weighted by Gasteiger charge is -2.08. The number of anilines is 1. The molecule has 0 fully saturated rings. The molecule has 0 unspecified atom stereocenters. The van der Waals surface area contributed by atoms with Crippen LogP contribution >= 0.6 is 23.8 Å². The molecule has 1 aromatic heterocycles. The zero-order chi connectivity index (χ0) is 16.1. The highest BCUT2D eigenvalue weighted by atomic mass is 32.1. The Kier molecular flexibility index (Phi) is 5.40. The summed E-state index contributed by atoms with van der Waals surface area (Å²) in [4.78, 5) is 0. The van der Waals surface area contributed by atoms with Gasteiger partial charge in [0.2, 0.25) is 0 Å². The summed E-state index contributed by atoms with van der Waals surface area (Å²) in [5, 5.41) is 8.21. The topological polar surface area (TPSA) is 75.3 Å². The fourth-order valence-electron chi connectivity index (χ4n) is 1.84. The van der Waals surface area contributed by atoms with Gasteiger partial charge in [0.05, 0.1) is 17.0 Å². The lowest BCUT2D eigenvalue weighted by molar-refractivity contribution is 0.626. The predicted octanol–water partition coefficient (Wildman–Crippen LogP) is 2.56. The normalized spacial score (nSPS) is 11.3. The smallest absolute Gasteiger partial charge is 0.187 e. The molecule has 22 heavy (non-hydrogen) atoms. The van der Waals surface area contributed by atoms with E-state index in [1.54, 1.807) is 12.1 Å². The maximum Gasteiger partial charge on any atom is 0.187 e. The highest BCUT2D eigenvalue weighted by molar-refractivity contribution is 7.80. The van der Waals surface area contributed by atoms with Crippen LogP contribution in [0.25, 0.3) is 0 Å². The van der Waals surface area contributed by atoms with Gasteiger partial charge in [0.25, 0.3) is 0 Å². The minimum absolute atomic E-state index is 0.262. The molecular weight excluding hydrogens is 321 g/mol. The van der Waals surface area contributed by atoms with Crippen LogP contribution in [0, 0.1) is 12.7 Å². The molecular formula is C14H16FN5S2. The van der Waals surface area contributed by atoms with Gasteiger partial charge in [-0.15, -0.1) is 0 Å². The van der Waals surface area contributed by atoms with Gasteiger partial charge in [0, 0.05) is 6.54 Å². The van der Waals surface area contributed by atoms with Crippen molar-refractivity contribution >= 4 is 39.6 Å². The van der Waals surface area contributed by atoms with Crippen molar-refractivity contribution in [3.63, 3.8) is 0 Å². The molecule has 2 aromatic rings. The van der Waals surface area contributed by atoms with Crippen LogP contribution in [-0.4, -0.2) is 15.2 Å². The number of hydrazone groups is 1. The molecule has 0 saturated carbocycles. The molecule has 0 spiro atoms. The molecule has 0 atom stereocenters. The molecule has 4 N–H and O–H groups in total. The summed E-state index contributed by atoms with van der Waals surface area (Å²) in [6, 6.07) is 6.21. The van der Waals surface area contributed by atoms with Gasteiger partial charge in [0.1, 0.15) is 10.8 Å². The predicted molar refractivity (Wildman–Crippen MR) is 92.4 cm³/mol. The molecule has 0 radical (unpaired) electrons. The Morgan fingerprint density at radius 1 is 1.41 bits per heavy atom. The van der Waals surface area contributed by atoms with Crippen molar-refractivity contribution in [3.8, 4) is 0 Å². The molecule has 0 saturated heterocycles. The number of nitrogens with one attached hydrogen (secondary N) is 2. The first-order chi connectivity index (χ1) is 10.5. The van der Waals surface area contributed by atoms with Crippen LogP contribution in [0.3, 0.4) is 0 Å². The first-order valence-electron chi connectivity index (χ1n) is 6.52. The van der Waals surface area contributed by atoms with Gasteiger partial charge < -0.3 is 11.1 Å². The maximum absolute atomic E-state index is 12.8. The van der Waals surface area contributed by atoms with Crippen molar-refractivity contribution < 1.29 is 4.39 Å². The van der Waals surface area contributed by atoms with Crippen molar-refractivity contribution in [1.29, 1.82) is 0 Å². The number of aromatic nitrogens is 1. The van der Waals surface area contributed by atoms with Crippen molar-refractivity contribution in [2.45, 2.75) is 20.4 Å². The number of benzene rings is 1. The minimum atomic E-state index is -0.262. The van der Waals surface area contributed by atoms with Gasteiger partial charge in [-0.2, -0.15) is 9.47 Å². The Bertz CT molecular complexity index is 674. The number of hydrogen-bond donors (Lipinski definition) is 3. The third-order valence-corrected chi connectivity index (χ3v) is 3.94. The summed E-state index contributed by atoms with van der Waals surface area (Å²) in [5.41, 5.74) is 11.9. The van der Waals surface area contributed by atoms with Gasteiger partial charge in [-0.1, -0.05) is 12.1 Å². The Hall–Kier alpha value is -2.06. The van der Waals surface area contributed by atoms with E-state index >= 15 is 0 Å². The third-order valence-electron chi connectivity index (χ3n) is 2.94. The Morgan fingerprint density at radius 3 is 2.68 bits per heavy atom. The fourth-order valence-corrected chi connectivity index (χ4v) is 2.67. The van der Waals surface area contributed by atoms with Crippen molar-refractivity contribution in [2.75, 3.05) is 5.73 Å². The van der Waals surface area contributed by atoms with Crippen LogP contribution in [0.2, 0.25) is 0 Å². The number of nitrogens with two attached hydrogens (primary N) is 1. The number of hydrogen-bond acceptors (Lipinski definition) is 5. The molecule has 1 heterocycles. The average Bonchev–Trinajstić information content (AvgIpc) is 2.83. The van der Waals surface area contributed by atoms with E-state index in [1.165, 1.54) is 23.7 Å². The third kappa shape index (κ3) is 4.22. The second kappa shape index (κ2) is 7.28. The molecule has 1 aromatic carbocycles. The molecule has 0 aliphatic carbocycles. The Balaban J connectivity index is 1.89. The number of halogens is 1. The van der Waals surface area contributed by atoms with E-state index in [1.807, 2.05) is 13.8 Å². The zero-order valence-electron chi connectivity index (χ0n) is 12.2. The first-order valence-corrected chi connectivity index (χ1v) is 7.70. The number of nitrogens with zero attached hydrogens (tertiary/aromatic N) is 2. The summed E-state index contributed by atoms with van der Waals surface area (Å²) in [6.07, 6.45) is 0. The van der Waals surface area contributed by atoms with Crippen molar-refractivity contribution in [3.05, 3.63) is 46.9 Å². The van der Waals surface area contributed by atoms with Crippen LogP contribution in [0.1, 0.15) is 23.7 Å². The number of thiocarbonyl (C=S) groups is 1. The molecule has 5 nitrogen and oxygen atoms in total. The van der Waals surface area contributed by atoms with E-state index in [4.69, 9.17) is 18.0 Å². The highest BCUT2D eigenvalue weighted by Crippen LogP contribution is 2.21. The standard InChI is InChI=1S/C14H16FN5S2/c1-8(12-9(2)20-22-13(12)16)18-19-14(21)17-7-10-3-5-11(15)6-4-10/h3-6H,7,16H2,1-2H3,(H2,17,19,21)/b18-8-. The highest BCUT2D eigenvalue weighted by Gasteiger charge is 2.10. The lowest BCUT2D eigenvalue weighted by atomic mass is 10.2. The van der Waals surface area contributed by atoms with Crippen LogP contribution in [0.15, 0.2) is 29.4 Å². The van der Waals surface area contributed by atoms with Crippen LogP contribution in [0.5, 0.6) is 0 Å². The van der Waals surface area contributed by atoms with Crippen LogP contribution in [0.4, 0.5) is 9.39 Å². The van der Waals surface area contributed by atoms with E-state index in [0.717, 1.165) is 22.5 Å². The monoisotopic (exact) mass is 337 g/mol. The van der Waals surface area contributed by atoms with Gasteiger partial charge in [0.15, 0.2) is 5.11 Å². The summed E-state index contributed by atoms with van der Waals surface area (Å²) in [6.45, 7) is 4.21. The Labute approximate surface area is 137 Å². The maximum atomic E-state index is 12.8. The van der Waals surface area contributed by atoms with Gasteiger partial charge in [-0.25, -0.2) is 4.39 Å². The average molecular weight is 337 g/mol. The van der Waals surface area contributed by atoms with Crippen molar-refractivity contribution in [1.82, 2.24) is 15.1 Å². The van der Waals surface area contributed by atoms with E-state index < -0.39 is 0 Å². The second-order valence-electron chi connectivity index (χ2n) is 4.63. The molecule has 0 aliphatic heterocycles. The quantitative estimate of drug-likeness (QED) is 0.454. The van der Waals surface area contributed by atoms with Gasteiger partial charge in [-0.05, 0) is 55.3 Å². The molecule has 2 rings (SSSR count). The van der Waals surface area contributed by atoms with E-state index in [0.29, 0.717) is 16.7 Å². The molecule has 116 valence electrons.